The molecule has 0 bridgehead atoms. The van der Waals surface area contributed by atoms with Gasteiger partial charge in [0.1, 0.15) is 0 Å². The molecule has 3 heteroatoms. The van der Waals surface area contributed by atoms with Crippen molar-refractivity contribution in [1.29, 1.82) is 0 Å². The Hall–Kier alpha value is -0.540. The molecule has 0 saturated heterocycles. The summed E-state index contributed by atoms with van der Waals surface area (Å²) in [6.45, 7) is 6.65. The van der Waals surface area contributed by atoms with E-state index in [1.165, 1.54) is 24.1 Å². The van der Waals surface area contributed by atoms with E-state index in [0.717, 1.165) is 24.1 Å². The van der Waals surface area contributed by atoms with Gasteiger partial charge in [0.15, 0.2) is 5.06 Å². The molecule has 0 aromatic carbocycles. The van der Waals surface area contributed by atoms with Crippen molar-refractivity contribution in [2.45, 2.75) is 39.7 Å². The van der Waals surface area contributed by atoms with Gasteiger partial charge in [0.2, 0.25) is 0 Å². The lowest BCUT2D eigenvalue weighted by molar-refractivity contribution is 0.427. The quantitative estimate of drug-likeness (QED) is 0.701. The van der Waals surface area contributed by atoms with Gasteiger partial charge in [-0.05, 0) is 31.0 Å². The Balaban J connectivity index is 2.02. The van der Waals surface area contributed by atoms with Crippen molar-refractivity contribution in [2.75, 3.05) is 13.7 Å². The summed E-state index contributed by atoms with van der Waals surface area (Å²) < 4.78 is 5.16. The Labute approximate surface area is 103 Å². The van der Waals surface area contributed by atoms with Gasteiger partial charge in [0.05, 0.1) is 7.11 Å². The van der Waals surface area contributed by atoms with Crippen LogP contribution >= 0.6 is 11.3 Å². The van der Waals surface area contributed by atoms with Crippen LogP contribution in [0, 0.1) is 5.92 Å². The number of rotatable bonds is 8. The summed E-state index contributed by atoms with van der Waals surface area (Å²) in [5, 5.41) is 4.46. The number of unbranched alkanes of at least 4 members (excludes halogenated alkanes) is 1. The summed E-state index contributed by atoms with van der Waals surface area (Å²) in [6.07, 6.45) is 3.95. The average molecular weight is 241 g/mol. The lowest BCUT2D eigenvalue weighted by Crippen LogP contribution is -2.13. The number of hydrogen-bond donors (Lipinski definition) is 1. The maximum Gasteiger partial charge on any atom is 0.173 e. The second-order valence-electron chi connectivity index (χ2n) is 4.49. The molecule has 0 unspecified atom stereocenters. The Bertz CT molecular complexity index is 283. The maximum atomic E-state index is 5.16. The van der Waals surface area contributed by atoms with Crippen LogP contribution in [-0.2, 0) is 6.54 Å². The lowest BCUT2D eigenvalue weighted by atomic mass is 10.1. The zero-order chi connectivity index (χ0) is 11.8. The molecular weight excluding hydrogens is 218 g/mol. The minimum Gasteiger partial charge on any atom is -0.487 e. The zero-order valence-electron chi connectivity index (χ0n) is 10.6. The highest BCUT2D eigenvalue weighted by atomic mass is 32.1. The molecule has 0 aliphatic rings. The van der Waals surface area contributed by atoms with Crippen LogP contribution in [0.3, 0.4) is 0 Å². The van der Waals surface area contributed by atoms with E-state index in [2.05, 4.69) is 25.2 Å². The summed E-state index contributed by atoms with van der Waals surface area (Å²) in [5.74, 6) is 0.835. The molecule has 1 rings (SSSR count). The molecule has 0 radical (unpaired) electrons. The smallest absolute Gasteiger partial charge is 0.173 e. The Morgan fingerprint density at radius 2 is 2.12 bits per heavy atom. The van der Waals surface area contributed by atoms with E-state index in [1.807, 2.05) is 6.07 Å². The van der Waals surface area contributed by atoms with E-state index in [4.69, 9.17) is 4.74 Å². The molecule has 0 amide bonds. The molecule has 0 saturated carbocycles. The van der Waals surface area contributed by atoms with Crippen LogP contribution in [0.2, 0.25) is 0 Å². The van der Waals surface area contributed by atoms with Gasteiger partial charge < -0.3 is 10.1 Å². The number of ether oxygens (including phenoxy) is 1. The van der Waals surface area contributed by atoms with Crippen LogP contribution < -0.4 is 10.1 Å². The fourth-order valence-corrected chi connectivity index (χ4v) is 2.37. The first-order valence-electron chi connectivity index (χ1n) is 6.05. The van der Waals surface area contributed by atoms with Crippen LogP contribution in [0.4, 0.5) is 0 Å². The van der Waals surface area contributed by atoms with E-state index >= 15 is 0 Å². The standard InChI is InChI=1S/C13H23NOS/c1-11(2)6-4-5-9-14-10-12-7-8-13(15-3)16-12/h7-8,11,14H,4-6,9-10H2,1-3H3. The highest BCUT2D eigenvalue weighted by molar-refractivity contribution is 7.13. The molecule has 2 nitrogen and oxygen atoms in total. The highest BCUT2D eigenvalue weighted by Crippen LogP contribution is 2.23. The first-order valence-corrected chi connectivity index (χ1v) is 6.87. The highest BCUT2D eigenvalue weighted by Gasteiger charge is 1.99. The van der Waals surface area contributed by atoms with E-state index in [9.17, 15) is 0 Å². The number of thiophene rings is 1. The number of hydrogen-bond acceptors (Lipinski definition) is 3. The molecule has 92 valence electrons. The maximum absolute atomic E-state index is 5.16. The minimum absolute atomic E-state index is 0.835. The normalized spacial score (nSPS) is 11.0. The van der Waals surface area contributed by atoms with Gasteiger partial charge >= 0.3 is 0 Å². The van der Waals surface area contributed by atoms with Gasteiger partial charge in [0.25, 0.3) is 0 Å². The van der Waals surface area contributed by atoms with Crippen LogP contribution in [-0.4, -0.2) is 13.7 Å². The van der Waals surface area contributed by atoms with Crippen LogP contribution in [0.25, 0.3) is 0 Å². The molecule has 0 atom stereocenters. The molecule has 1 heterocycles. The second-order valence-corrected chi connectivity index (χ2v) is 5.62. The molecule has 0 fully saturated rings. The Morgan fingerprint density at radius 1 is 1.31 bits per heavy atom. The largest absolute Gasteiger partial charge is 0.487 e. The number of methoxy groups -OCH3 is 1. The molecule has 1 N–H and O–H groups in total. The lowest BCUT2D eigenvalue weighted by Gasteiger charge is -2.05. The summed E-state index contributed by atoms with van der Waals surface area (Å²) in [5.41, 5.74) is 0. The SMILES string of the molecule is COc1ccc(CNCCCCC(C)C)s1. The van der Waals surface area contributed by atoms with Crippen molar-refractivity contribution >= 4 is 11.3 Å². The fraction of sp³-hybridized carbons (Fsp3) is 0.692. The van der Waals surface area contributed by atoms with Crippen molar-refractivity contribution in [3.8, 4) is 5.06 Å². The summed E-state index contributed by atoms with van der Waals surface area (Å²) in [6, 6.07) is 4.16. The van der Waals surface area contributed by atoms with Gasteiger partial charge in [0, 0.05) is 11.4 Å². The second kappa shape index (κ2) is 7.69. The van der Waals surface area contributed by atoms with Crippen LogP contribution in [0.15, 0.2) is 12.1 Å². The predicted molar refractivity (Wildman–Crippen MR) is 71.3 cm³/mol. The molecule has 16 heavy (non-hydrogen) atoms. The third-order valence-corrected chi connectivity index (χ3v) is 3.57. The molecule has 0 aliphatic heterocycles. The average Bonchev–Trinajstić information content (AvgIpc) is 2.70. The first kappa shape index (κ1) is 13.5. The Kier molecular flexibility index (Phi) is 6.50. The topological polar surface area (TPSA) is 21.3 Å². The van der Waals surface area contributed by atoms with Gasteiger partial charge in [-0.25, -0.2) is 0 Å². The Morgan fingerprint density at radius 3 is 2.75 bits per heavy atom. The zero-order valence-corrected chi connectivity index (χ0v) is 11.4. The summed E-state index contributed by atoms with van der Waals surface area (Å²) in [4.78, 5) is 1.35. The molecule has 0 spiro atoms. The van der Waals surface area contributed by atoms with Gasteiger partial charge in [-0.3, -0.25) is 0 Å². The van der Waals surface area contributed by atoms with E-state index in [-0.39, 0.29) is 0 Å². The molecule has 1 aromatic rings. The van der Waals surface area contributed by atoms with Gasteiger partial charge in [-0.15, -0.1) is 11.3 Å². The number of nitrogens with one attached hydrogen (secondary N) is 1. The predicted octanol–water partition coefficient (Wildman–Crippen LogP) is 3.67. The van der Waals surface area contributed by atoms with Crippen LogP contribution in [0.1, 0.15) is 38.0 Å². The third-order valence-electron chi connectivity index (χ3n) is 2.52. The molecular formula is C13H23NOS. The van der Waals surface area contributed by atoms with E-state index < -0.39 is 0 Å². The van der Waals surface area contributed by atoms with Crippen molar-refractivity contribution in [2.24, 2.45) is 5.92 Å². The van der Waals surface area contributed by atoms with Crippen molar-refractivity contribution < 1.29 is 4.74 Å². The van der Waals surface area contributed by atoms with Crippen molar-refractivity contribution in [1.82, 2.24) is 5.32 Å². The van der Waals surface area contributed by atoms with Crippen molar-refractivity contribution in [3.63, 3.8) is 0 Å². The monoisotopic (exact) mass is 241 g/mol. The first-order chi connectivity index (χ1) is 7.72. The van der Waals surface area contributed by atoms with E-state index in [0.29, 0.717) is 0 Å². The summed E-state index contributed by atoms with van der Waals surface area (Å²) in [7, 11) is 1.72. The van der Waals surface area contributed by atoms with Crippen molar-refractivity contribution in [3.05, 3.63) is 17.0 Å². The molecule has 0 aliphatic carbocycles. The molecule has 1 aromatic heterocycles. The van der Waals surface area contributed by atoms with Crippen LogP contribution in [0.5, 0.6) is 5.06 Å². The van der Waals surface area contributed by atoms with E-state index in [1.54, 1.807) is 18.4 Å². The minimum atomic E-state index is 0.835. The summed E-state index contributed by atoms with van der Waals surface area (Å²) >= 11 is 1.72. The third kappa shape index (κ3) is 5.52. The van der Waals surface area contributed by atoms with Gasteiger partial charge in [-0.1, -0.05) is 26.7 Å². The van der Waals surface area contributed by atoms with Gasteiger partial charge in [-0.2, -0.15) is 0 Å². The fourth-order valence-electron chi connectivity index (χ4n) is 1.58.